The van der Waals surface area contributed by atoms with Gasteiger partial charge in [0.1, 0.15) is 28.4 Å². The Morgan fingerprint density at radius 2 is 1.45 bits per heavy atom. The van der Waals surface area contributed by atoms with Crippen molar-refractivity contribution in [3.8, 4) is 17.2 Å². The van der Waals surface area contributed by atoms with Crippen molar-refractivity contribution in [2.75, 3.05) is 0 Å². The Kier molecular flexibility index (Phi) is 14.8. The van der Waals surface area contributed by atoms with Gasteiger partial charge >= 0.3 is 11.9 Å². The van der Waals surface area contributed by atoms with Crippen LogP contribution in [0.5, 0.6) is 17.2 Å². The molecule has 6 heteroatoms. The molecule has 1 aliphatic rings. The SMILES string of the molecule is CC(=O)Oc1ccccc1C(=O)O.Cc1c(C)c2c(c(C)c1O)CC[C@@](C)(CCC[C@H](C)CCC[C@H](C)CCCC(C)C)O2. The van der Waals surface area contributed by atoms with Crippen LogP contribution in [-0.2, 0) is 11.2 Å². The second-order valence-electron chi connectivity index (χ2n) is 13.8. The van der Waals surface area contributed by atoms with Gasteiger partial charge in [-0.05, 0) is 100.0 Å². The van der Waals surface area contributed by atoms with Crippen molar-refractivity contribution in [2.45, 2.75) is 139 Å². The molecule has 0 spiro atoms. The predicted octanol–water partition coefficient (Wildman–Crippen LogP) is 10.2. The molecule has 3 rings (SSSR count). The number of carboxylic acid groups (broad SMARTS) is 1. The van der Waals surface area contributed by atoms with Gasteiger partial charge in [0.15, 0.2) is 0 Å². The summed E-state index contributed by atoms with van der Waals surface area (Å²) in [6.45, 7) is 19.2. The summed E-state index contributed by atoms with van der Waals surface area (Å²) in [6, 6.07) is 5.98. The summed E-state index contributed by atoms with van der Waals surface area (Å²) in [4.78, 5) is 21.2. The van der Waals surface area contributed by atoms with Gasteiger partial charge in [-0.25, -0.2) is 4.79 Å². The smallest absolute Gasteiger partial charge is 0.339 e. The van der Waals surface area contributed by atoms with Crippen LogP contribution in [0.4, 0.5) is 0 Å². The highest BCUT2D eigenvalue weighted by Gasteiger charge is 2.34. The van der Waals surface area contributed by atoms with E-state index in [4.69, 9.17) is 9.84 Å². The molecular formula is C38H58O6. The van der Waals surface area contributed by atoms with E-state index in [9.17, 15) is 14.7 Å². The Morgan fingerprint density at radius 3 is 2.02 bits per heavy atom. The molecule has 0 saturated carbocycles. The van der Waals surface area contributed by atoms with Crippen molar-refractivity contribution in [3.05, 3.63) is 52.1 Å². The maximum absolute atomic E-state index is 10.6. The van der Waals surface area contributed by atoms with Gasteiger partial charge in [0.25, 0.3) is 0 Å². The molecule has 6 nitrogen and oxygen atoms in total. The van der Waals surface area contributed by atoms with E-state index in [1.807, 2.05) is 13.8 Å². The molecule has 0 fully saturated rings. The second kappa shape index (κ2) is 17.5. The molecule has 3 atom stereocenters. The Balaban J connectivity index is 0.000000432. The lowest BCUT2D eigenvalue weighted by Gasteiger charge is -2.38. The number of hydrogen-bond donors (Lipinski definition) is 2. The minimum absolute atomic E-state index is 0.0160. The number of carbonyl (C=O) groups excluding carboxylic acids is 1. The lowest BCUT2D eigenvalue weighted by Crippen LogP contribution is -2.37. The van der Waals surface area contributed by atoms with Gasteiger partial charge in [-0.1, -0.05) is 84.8 Å². The van der Waals surface area contributed by atoms with Crippen LogP contribution in [0.25, 0.3) is 0 Å². The number of rotatable bonds is 14. The summed E-state index contributed by atoms with van der Waals surface area (Å²) < 4.78 is 11.3. The molecule has 0 aliphatic carbocycles. The first-order chi connectivity index (χ1) is 20.6. The van der Waals surface area contributed by atoms with Crippen LogP contribution < -0.4 is 9.47 Å². The third kappa shape index (κ3) is 11.5. The van der Waals surface area contributed by atoms with Crippen LogP contribution in [0, 0.1) is 38.5 Å². The van der Waals surface area contributed by atoms with Crippen LogP contribution in [-0.4, -0.2) is 27.8 Å². The molecule has 0 unspecified atom stereocenters. The van der Waals surface area contributed by atoms with E-state index in [1.54, 1.807) is 12.1 Å². The average molecular weight is 611 g/mol. The van der Waals surface area contributed by atoms with E-state index in [1.165, 1.54) is 76.0 Å². The molecule has 0 amide bonds. The lowest BCUT2D eigenvalue weighted by molar-refractivity contribution is -0.131. The van der Waals surface area contributed by atoms with Gasteiger partial charge in [-0.15, -0.1) is 0 Å². The summed E-state index contributed by atoms with van der Waals surface area (Å²) >= 11 is 0. The minimum atomic E-state index is -1.11. The van der Waals surface area contributed by atoms with Crippen molar-refractivity contribution < 1.29 is 29.3 Å². The zero-order chi connectivity index (χ0) is 33.0. The summed E-state index contributed by atoms with van der Waals surface area (Å²) in [6.07, 6.45) is 14.1. The fourth-order valence-corrected chi connectivity index (χ4v) is 6.16. The van der Waals surface area contributed by atoms with Crippen LogP contribution >= 0.6 is 0 Å². The van der Waals surface area contributed by atoms with Gasteiger partial charge in [0, 0.05) is 12.5 Å². The summed E-state index contributed by atoms with van der Waals surface area (Å²) in [7, 11) is 0. The number of ether oxygens (including phenoxy) is 2. The summed E-state index contributed by atoms with van der Waals surface area (Å²) in [5.74, 6) is 2.46. The number of carboxylic acids is 1. The molecule has 44 heavy (non-hydrogen) atoms. The molecule has 0 bridgehead atoms. The first-order valence-corrected chi connectivity index (χ1v) is 16.7. The second-order valence-corrected chi connectivity index (χ2v) is 13.8. The highest BCUT2D eigenvalue weighted by molar-refractivity contribution is 5.91. The number of benzene rings is 2. The normalized spacial score (nSPS) is 17.1. The monoisotopic (exact) mass is 610 g/mol. The van der Waals surface area contributed by atoms with Crippen LogP contribution in [0.2, 0.25) is 0 Å². The molecule has 0 saturated heterocycles. The molecule has 2 aromatic rings. The first kappa shape index (κ1) is 37.2. The topological polar surface area (TPSA) is 93.1 Å². The first-order valence-electron chi connectivity index (χ1n) is 16.7. The number of aromatic carboxylic acids is 1. The summed E-state index contributed by atoms with van der Waals surface area (Å²) in [5, 5.41) is 19.1. The fourth-order valence-electron chi connectivity index (χ4n) is 6.16. The number of aromatic hydroxyl groups is 1. The van der Waals surface area contributed by atoms with Crippen molar-refractivity contribution in [3.63, 3.8) is 0 Å². The van der Waals surface area contributed by atoms with Crippen molar-refractivity contribution >= 4 is 11.9 Å². The average Bonchev–Trinajstić information content (AvgIpc) is 2.95. The van der Waals surface area contributed by atoms with Crippen molar-refractivity contribution in [1.82, 2.24) is 0 Å². The number of phenols is 1. The van der Waals surface area contributed by atoms with Crippen LogP contribution in [0.1, 0.15) is 138 Å². The number of esters is 1. The van der Waals surface area contributed by atoms with Crippen molar-refractivity contribution in [1.29, 1.82) is 0 Å². The highest BCUT2D eigenvalue weighted by atomic mass is 16.5. The largest absolute Gasteiger partial charge is 0.507 e. The van der Waals surface area contributed by atoms with E-state index < -0.39 is 11.9 Å². The maximum atomic E-state index is 10.6. The molecule has 1 heterocycles. The molecule has 246 valence electrons. The van der Waals surface area contributed by atoms with E-state index in [0.717, 1.165) is 59.5 Å². The van der Waals surface area contributed by atoms with E-state index >= 15 is 0 Å². The molecule has 0 radical (unpaired) electrons. The third-order valence-electron chi connectivity index (χ3n) is 9.24. The Labute approximate surface area is 266 Å². The quantitative estimate of drug-likeness (QED) is 0.163. The number of fused-ring (bicyclic) bond motifs is 1. The van der Waals surface area contributed by atoms with Crippen LogP contribution in [0.3, 0.4) is 0 Å². The Bertz CT molecular complexity index is 1230. The molecule has 1 aliphatic heterocycles. The van der Waals surface area contributed by atoms with Gasteiger partial charge < -0.3 is 19.7 Å². The minimum Gasteiger partial charge on any atom is -0.507 e. The van der Waals surface area contributed by atoms with E-state index in [2.05, 4.69) is 46.3 Å². The Morgan fingerprint density at radius 1 is 0.886 bits per heavy atom. The summed E-state index contributed by atoms with van der Waals surface area (Å²) in [5.41, 5.74) is 4.21. The zero-order valence-corrected chi connectivity index (χ0v) is 28.8. The number of para-hydroxylation sites is 1. The van der Waals surface area contributed by atoms with Crippen molar-refractivity contribution in [2.24, 2.45) is 17.8 Å². The zero-order valence-electron chi connectivity index (χ0n) is 28.8. The van der Waals surface area contributed by atoms with E-state index in [-0.39, 0.29) is 16.9 Å². The molecular weight excluding hydrogens is 552 g/mol. The number of carbonyl (C=O) groups is 2. The maximum Gasteiger partial charge on any atom is 0.339 e. The fraction of sp³-hybridized carbons (Fsp3) is 0.632. The van der Waals surface area contributed by atoms with Gasteiger partial charge in [-0.2, -0.15) is 0 Å². The van der Waals surface area contributed by atoms with Gasteiger partial charge in [0.05, 0.1) is 0 Å². The standard InChI is InChI=1S/C29H50O2.C9H8O4/c1-20(2)12-9-13-21(3)14-10-15-22(4)16-11-18-29(8)19-17-26-25(7)27(30)23(5)24(6)28(26)31-29;1-6(10)13-8-5-3-2-4-7(8)9(11)12/h20-22,30H,9-19H2,1-8H3;2-5H,1H3,(H,11,12)/t21-,22-,29-;/m1./s1. The molecule has 2 aromatic carbocycles. The van der Waals surface area contributed by atoms with Gasteiger partial charge in [0.2, 0.25) is 0 Å². The number of hydrogen-bond acceptors (Lipinski definition) is 5. The third-order valence-corrected chi connectivity index (χ3v) is 9.24. The van der Waals surface area contributed by atoms with Crippen LogP contribution in [0.15, 0.2) is 24.3 Å². The highest BCUT2D eigenvalue weighted by Crippen LogP contribution is 2.44. The predicted molar refractivity (Wildman–Crippen MR) is 179 cm³/mol. The Hall–Kier alpha value is -3.02. The lowest BCUT2D eigenvalue weighted by atomic mass is 9.84. The van der Waals surface area contributed by atoms with E-state index in [0.29, 0.717) is 5.75 Å². The molecule has 0 aromatic heterocycles. The number of phenolic OH excluding ortho intramolecular Hbond substituents is 1. The molecule has 2 N–H and O–H groups in total. The van der Waals surface area contributed by atoms with Gasteiger partial charge in [-0.3, -0.25) is 4.79 Å².